The second-order valence-electron chi connectivity index (χ2n) is 5.07. The van der Waals surface area contributed by atoms with E-state index in [0.29, 0.717) is 35.1 Å². The Kier molecular flexibility index (Phi) is 6.43. The largest absolute Gasteiger partial charge is 0.384 e. The Balaban J connectivity index is 2.04. The van der Waals surface area contributed by atoms with Crippen LogP contribution in [-0.2, 0) is 21.3 Å². The number of nitrogens with zero attached hydrogens (tertiary/aromatic N) is 1. The van der Waals surface area contributed by atoms with Gasteiger partial charge in [-0.25, -0.2) is 0 Å². The van der Waals surface area contributed by atoms with E-state index in [1.165, 1.54) is 0 Å². The molecule has 1 aromatic carbocycles. The van der Waals surface area contributed by atoms with Gasteiger partial charge in [-0.05, 0) is 36.8 Å². The van der Waals surface area contributed by atoms with Crippen LogP contribution in [0.3, 0.4) is 0 Å². The zero-order chi connectivity index (χ0) is 16.7. The van der Waals surface area contributed by atoms with Crippen LogP contribution in [0, 0.1) is 6.92 Å². The maximum absolute atomic E-state index is 12.3. The molecule has 0 saturated heterocycles. The number of hydrogen-bond donors (Lipinski definition) is 1. The van der Waals surface area contributed by atoms with Crippen LogP contribution in [0.4, 0.5) is 5.69 Å². The van der Waals surface area contributed by atoms with Crippen LogP contribution in [0.25, 0.3) is 0 Å². The fourth-order valence-electron chi connectivity index (χ4n) is 2.10. The van der Waals surface area contributed by atoms with Crippen molar-refractivity contribution in [1.82, 2.24) is 4.98 Å². The maximum atomic E-state index is 12.3. The average Bonchev–Trinajstić information content (AvgIpc) is 2.53. The normalized spacial score (nSPS) is 11.9. The van der Waals surface area contributed by atoms with Gasteiger partial charge >= 0.3 is 0 Å². The first-order valence-electron chi connectivity index (χ1n) is 7.26. The summed E-state index contributed by atoms with van der Waals surface area (Å²) in [4.78, 5) is 16.4. The second kappa shape index (κ2) is 8.55. The van der Waals surface area contributed by atoms with E-state index in [1.807, 2.05) is 24.3 Å². The Morgan fingerprint density at radius 1 is 1.30 bits per heavy atom. The summed E-state index contributed by atoms with van der Waals surface area (Å²) in [5.74, 6) is 0.745. The monoisotopic (exact) mass is 332 g/mol. The van der Waals surface area contributed by atoms with Crippen molar-refractivity contribution in [3.63, 3.8) is 0 Å². The van der Waals surface area contributed by atoms with E-state index in [4.69, 9.17) is 4.74 Å². The van der Waals surface area contributed by atoms with Crippen LogP contribution in [-0.4, -0.2) is 34.6 Å². The molecule has 122 valence electrons. The van der Waals surface area contributed by atoms with Crippen LogP contribution in [0.2, 0.25) is 0 Å². The van der Waals surface area contributed by atoms with Gasteiger partial charge in [0.05, 0.1) is 12.2 Å². The van der Waals surface area contributed by atoms with E-state index in [9.17, 15) is 9.00 Å². The number of rotatable bonds is 7. The zero-order valence-corrected chi connectivity index (χ0v) is 14.1. The predicted octanol–water partition coefficient (Wildman–Crippen LogP) is 2.54. The zero-order valence-electron chi connectivity index (χ0n) is 13.2. The Bertz CT molecular complexity index is 704. The summed E-state index contributed by atoms with van der Waals surface area (Å²) >= 11 is 0. The SMILES string of the molecule is COCC[S@](=O)Cc1cccc(NC(=O)c2cccnc2C)c1. The lowest BCUT2D eigenvalue weighted by molar-refractivity contribution is 0.102. The molecule has 1 N–H and O–H groups in total. The van der Waals surface area contributed by atoms with Crippen molar-refractivity contribution in [3.8, 4) is 0 Å². The standard InChI is InChI=1S/C17H20N2O3S/c1-13-16(7-4-8-18-13)17(20)19-15-6-3-5-14(11-15)12-23(21)10-9-22-2/h3-8,11H,9-10,12H2,1-2H3,(H,19,20)/t23-/m0/s1. The number of carbonyl (C=O) groups is 1. The van der Waals surface area contributed by atoms with E-state index < -0.39 is 10.8 Å². The van der Waals surface area contributed by atoms with Crippen LogP contribution < -0.4 is 5.32 Å². The molecule has 0 unspecified atom stereocenters. The van der Waals surface area contributed by atoms with Crippen LogP contribution >= 0.6 is 0 Å². The minimum atomic E-state index is -0.979. The molecule has 2 aromatic rings. The summed E-state index contributed by atoms with van der Waals surface area (Å²) in [6.45, 7) is 2.27. The third-order valence-electron chi connectivity index (χ3n) is 3.28. The van der Waals surface area contributed by atoms with Gasteiger partial charge in [-0.1, -0.05) is 12.1 Å². The van der Waals surface area contributed by atoms with Gasteiger partial charge < -0.3 is 10.1 Å². The molecular weight excluding hydrogens is 312 g/mol. The van der Waals surface area contributed by atoms with Crippen LogP contribution in [0.5, 0.6) is 0 Å². The molecule has 0 bridgehead atoms. The molecule has 0 fully saturated rings. The van der Waals surface area contributed by atoms with Crippen molar-refractivity contribution in [3.05, 3.63) is 59.4 Å². The van der Waals surface area contributed by atoms with Gasteiger partial charge in [0, 0.05) is 47.0 Å². The number of nitrogens with one attached hydrogen (secondary N) is 1. The van der Waals surface area contributed by atoms with Gasteiger partial charge in [0.15, 0.2) is 0 Å². The van der Waals surface area contributed by atoms with Gasteiger partial charge in [0.1, 0.15) is 0 Å². The molecule has 5 nitrogen and oxygen atoms in total. The lowest BCUT2D eigenvalue weighted by Gasteiger charge is -2.09. The Labute approximate surface area is 138 Å². The highest BCUT2D eigenvalue weighted by atomic mass is 32.2. The Morgan fingerprint density at radius 2 is 2.13 bits per heavy atom. The summed E-state index contributed by atoms with van der Waals surface area (Å²) < 4.78 is 16.8. The molecular formula is C17H20N2O3S. The molecule has 1 atom stereocenters. The first-order chi connectivity index (χ1) is 11.1. The van der Waals surface area contributed by atoms with Crippen molar-refractivity contribution in [2.24, 2.45) is 0 Å². The highest BCUT2D eigenvalue weighted by Crippen LogP contribution is 2.14. The molecule has 2 rings (SSSR count). The fourth-order valence-corrected chi connectivity index (χ4v) is 3.14. The van der Waals surface area contributed by atoms with Crippen LogP contribution in [0.1, 0.15) is 21.6 Å². The molecule has 0 aliphatic carbocycles. The molecule has 0 saturated carbocycles. The molecule has 1 aromatic heterocycles. The molecule has 23 heavy (non-hydrogen) atoms. The summed E-state index contributed by atoms with van der Waals surface area (Å²) in [5.41, 5.74) is 2.82. The minimum absolute atomic E-state index is 0.201. The molecule has 0 aliphatic rings. The minimum Gasteiger partial charge on any atom is -0.384 e. The first-order valence-corrected chi connectivity index (χ1v) is 8.75. The van der Waals surface area contributed by atoms with E-state index in [0.717, 1.165) is 5.56 Å². The fraction of sp³-hybridized carbons (Fsp3) is 0.294. The number of pyridine rings is 1. The first kappa shape index (κ1) is 17.3. The molecule has 0 radical (unpaired) electrons. The van der Waals surface area contributed by atoms with Gasteiger partial charge in [-0.2, -0.15) is 0 Å². The van der Waals surface area contributed by atoms with Gasteiger partial charge in [-0.15, -0.1) is 0 Å². The summed E-state index contributed by atoms with van der Waals surface area (Å²) in [5, 5.41) is 2.85. The summed E-state index contributed by atoms with van der Waals surface area (Å²) in [6.07, 6.45) is 1.65. The molecule has 0 aliphatic heterocycles. The number of aryl methyl sites for hydroxylation is 1. The van der Waals surface area contributed by atoms with Gasteiger partial charge in [-0.3, -0.25) is 14.0 Å². The maximum Gasteiger partial charge on any atom is 0.257 e. The smallest absolute Gasteiger partial charge is 0.257 e. The van der Waals surface area contributed by atoms with Crippen molar-refractivity contribution in [1.29, 1.82) is 0 Å². The van der Waals surface area contributed by atoms with Crippen molar-refractivity contribution in [2.45, 2.75) is 12.7 Å². The highest BCUT2D eigenvalue weighted by Gasteiger charge is 2.10. The molecule has 1 amide bonds. The molecule has 6 heteroatoms. The number of anilines is 1. The van der Waals surface area contributed by atoms with Gasteiger partial charge in [0.2, 0.25) is 0 Å². The van der Waals surface area contributed by atoms with Crippen molar-refractivity contribution < 1.29 is 13.7 Å². The predicted molar refractivity (Wildman–Crippen MR) is 92.0 cm³/mol. The van der Waals surface area contributed by atoms with E-state index in [2.05, 4.69) is 10.3 Å². The lowest BCUT2D eigenvalue weighted by atomic mass is 10.1. The van der Waals surface area contributed by atoms with Crippen LogP contribution in [0.15, 0.2) is 42.6 Å². The number of benzene rings is 1. The second-order valence-corrected chi connectivity index (χ2v) is 6.65. The van der Waals surface area contributed by atoms with E-state index in [1.54, 1.807) is 32.4 Å². The third-order valence-corrected chi connectivity index (χ3v) is 4.56. The number of ether oxygens (including phenoxy) is 1. The summed E-state index contributed by atoms with van der Waals surface area (Å²) in [7, 11) is 0.612. The number of hydrogen-bond acceptors (Lipinski definition) is 4. The Hall–Kier alpha value is -2.05. The van der Waals surface area contributed by atoms with Gasteiger partial charge in [0.25, 0.3) is 5.91 Å². The van der Waals surface area contributed by atoms with Crippen molar-refractivity contribution >= 4 is 22.4 Å². The summed E-state index contributed by atoms with van der Waals surface area (Å²) in [6, 6.07) is 10.9. The third kappa shape index (κ3) is 5.26. The number of amides is 1. The number of aromatic nitrogens is 1. The van der Waals surface area contributed by atoms with Crippen molar-refractivity contribution in [2.75, 3.05) is 24.8 Å². The topological polar surface area (TPSA) is 68.3 Å². The quantitative estimate of drug-likeness (QED) is 0.846. The number of carbonyl (C=O) groups excluding carboxylic acids is 1. The molecule has 1 heterocycles. The Morgan fingerprint density at radius 3 is 2.87 bits per heavy atom. The van der Waals surface area contributed by atoms with E-state index in [-0.39, 0.29) is 5.91 Å². The van der Waals surface area contributed by atoms with E-state index >= 15 is 0 Å². The lowest BCUT2D eigenvalue weighted by Crippen LogP contribution is -2.14. The highest BCUT2D eigenvalue weighted by molar-refractivity contribution is 7.84. The average molecular weight is 332 g/mol. The molecule has 0 spiro atoms. The number of methoxy groups -OCH3 is 1.